The summed E-state index contributed by atoms with van der Waals surface area (Å²) in [6.45, 7) is 0. The van der Waals surface area contributed by atoms with E-state index in [1.807, 2.05) is 0 Å². The monoisotopic (exact) mass is 247 g/mol. The second-order valence-corrected chi connectivity index (χ2v) is 2.99. The van der Waals surface area contributed by atoms with Crippen molar-refractivity contribution >= 4 is 30.5 Å². The molecule has 0 unspecified atom stereocenters. The number of hydrogen-bond donors (Lipinski definition) is 2. The predicted octanol–water partition coefficient (Wildman–Crippen LogP) is -0.697. The van der Waals surface area contributed by atoms with Crippen LogP contribution in [0, 0.1) is 0 Å². The molecule has 1 N–H and O–H groups in total. The van der Waals surface area contributed by atoms with Crippen molar-refractivity contribution in [2.75, 3.05) is 20.0 Å². The smallest absolute Gasteiger partial charge is 0.330 e. The zero-order valence-electron chi connectivity index (χ0n) is 8.93. The fourth-order valence-corrected chi connectivity index (χ4v) is 0.993. The normalized spacial score (nSPS) is 11.9. The Labute approximate surface area is 98.4 Å². The number of ether oxygens (including phenoxy) is 2. The third kappa shape index (κ3) is 5.40. The summed E-state index contributed by atoms with van der Waals surface area (Å²) in [4.78, 5) is 32.9. The van der Waals surface area contributed by atoms with E-state index in [9.17, 15) is 14.4 Å². The number of nitrogens with one attached hydrogen (secondary N) is 1. The number of amides is 1. The summed E-state index contributed by atoms with van der Waals surface area (Å²) in [6.07, 6.45) is 1.91. The molecule has 0 aliphatic carbocycles. The van der Waals surface area contributed by atoms with Crippen LogP contribution in [0.25, 0.3) is 0 Å². The fourth-order valence-electron chi connectivity index (χ4n) is 0.753. The highest BCUT2D eigenvalue weighted by molar-refractivity contribution is 7.80. The molecule has 1 atom stereocenters. The molecule has 0 bridgehead atoms. The van der Waals surface area contributed by atoms with Crippen LogP contribution in [0.2, 0.25) is 0 Å². The summed E-state index contributed by atoms with van der Waals surface area (Å²) in [6, 6.07) is -0.844. The minimum absolute atomic E-state index is 0.102. The number of thiol groups is 1. The topological polar surface area (TPSA) is 81.7 Å². The molecule has 0 aromatic rings. The molecule has 0 saturated carbocycles. The average molecular weight is 247 g/mol. The van der Waals surface area contributed by atoms with E-state index < -0.39 is 23.9 Å². The van der Waals surface area contributed by atoms with E-state index in [2.05, 4.69) is 27.4 Å². The number of rotatable bonds is 5. The van der Waals surface area contributed by atoms with Gasteiger partial charge in [0.15, 0.2) is 0 Å². The third-order valence-electron chi connectivity index (χ3n) is 1.56. The van der Waals surface area contributed by atoms with Gasteiger partial charge in [0.25, 0.3) is 0 Å². The second kappa shape index (κ2) is 7.75. The standard InChI is InChI=1S/C9H13NO5S/c1-14-8(12)4-3-7(11)10-6(5-16)9(13)15-2/h3-4,6,16H,5H2,1-2H3,(H,10,11)/t6-/m0/s1. The van der Waals surface area contributed by atoms with Crippen LogP contribution in [0.1, 0.15) is 0 Å². The van der Waals surface area contributed by atoms with Crippen LogP contribution in [0.15, 0.2) is 12.2 Å². The highest BCUT2D eigenvalue weighted by Gasteiger charge is 2.18. The highest BCUT2D eigenvalue weighted by Crippen LogP contribution is 1.92. The lowest BCUT2D eigenvalue weighted by Gasteiger charge is -2.12. The van der Waals surface area contributed by atoms with Gasteiger partial charge in [0.05, 0.1) is 14.2 Å². The van der Waals surface area contributed by atoms with Crippen LogP contribution in [-0.2, 0) is 23.9 Å². The van der Waals surface area contributed by atoms with E-state index in [4.69, 9.17) is 0 Å². The molecule has 0 aliphatic heterocycles. The van der Waals surface area contributed by atoms with Gasteiger partial charge >= 0.3 is 11.9 Å². The van der Waals surface area contributed by atoms with Crippen molar-refractivity contribution in [1.29, 1.82) is 0 Å². The first kappa shape index (κ1) is 14.5. The molecule has 0 rings (SSSR count). The first-order chi connectivity index (χ1) is 7.54. The van der Waals surface area contributed by atoms with E-state index in [0.717, 1.165) is 12.2 Å². The quantitative estimate of drug-likeness (QED) is 0.381. The van der Waals surface area contributed by atoms with E-state index in [-0.39, 0.29) is 5.75 Å². The van der Waals surface area contributed by atoms with Gasteiger partial charge in [-0.2, -0.15) is 12.6 Å². The molecule has 90 valence electrons. The zero-order chi connectivity index (χ0) is 12.6. The van der Waals surface area contributed by atoms with Gasteiger partial charge in [0.2, 0.25) is 5.91 Å². The molecule has 0 aliphatic rings. The molecule has 7 heteroatoms. The summed E-state index contributed by atoms with van der Waals surface area (Å²) in [5, 5.41) is 2.31. The molecule has 16 heavy (non-hydrogen) atoms. The lowest BCUT2D eigenvalue weighted by atomic mass is 10.3. The van der Waals surface area contributed by atoms with Gasteiger partial charge in [-0.15, -0.1) is 0 Å². The summed E-state index contributed by atoms with van der Waals surface area (Å²) < 4.78 is 8.72. The van der Waals surface area contributed by atoms with Crippen LogP contribution in [0.3, 0.4) is 0 Å². The Hall–Kier alpha value is -1.50. The van der Waals surface area contributed by atoms with Crippen LogP contribution in [-0.4, -0.2) is 43.9 Å². The summed E-state index contributed by atoms with van der Waals surface area (Å²) in [5.41, 5.74) is 0. The van der Waals surface area contributed by atoms with Crippen LogP contribution in [0.4, 0.5) is 0 Å². The number of hydrogen-bond acceptors (Lipinski definition) is 6. The first-order valence-electron chi connectivity index (χ1n) is 4.30. The summed E-state index contributed by atoms with van der Waals surface area (Å²) >= 11 is 3.88. The summed E-state index contributed by atoms with van der Waals surface area (Å²) in [7, 11) is 2.39. The van der Waals surface area contributed by atoms with Crippen LogP contribution >= 0.6 is 12.6 Å². The molecule has 0 aromatic heterocycles. The first-order valence-corrected chi connectivity index (χ1v) is 4.93. The van der Waals surface area contributed by atoms with Crippen LogP contribution in [0.5, 0.6) is 0 Å². The molecule has 1 amide bonds. The Bertz CT molecular complexity index is 302. The number of esters is 2. The lowest BCUT2D eigenvalue weighted by molar-refractivity contribution is -0.143. The molecule has 0 aromatic carbocycles. The SMILES string of the molecule is COC(=O)C=CC(=O)N[C@@H](CS)C(=O)OC. The van der Waals surface area contributed by atoms with Crippen molar-refractivity contribution in [2.45, 2.75) is 6.04 Å². The Kier molecular flexibility index (Phi) is 7.02. The Morgan fingerprint density at radius 3 is 2.31 bits per heavy atom. The maximum absolute atomic E-state index is 11.2. The minimum Gasteiger partial charge on any atom is -0.467 e. The average Bonchev–Trinajstić information content (AvgIpc) is 2.31. The third-order valence-corrected chi connectivity index (χ3v) is 1.92. The largest absolute Gasteiger partial charge is 0.467 e. The fraction of sp³-hybridized carbons (Fsp3) is 0.444. The van der Waals surface area contributed by atoms with Gasteiger partial charge in [0.1, 0.15) is 6.04 Å². The Balaban J connectivity index is 4.26. The van der Waals surface area contributed by atoms with E-state index in [1.165, 1.54) is 14.2 Å². The molecule has 0 saturated heterocycles. The molecule has 0 fully saturated rings. The van der Waals surface area contributed by atoms with Gasteiger partial charge in [-0.05, 0) is 0 Å². The maximum Gasteiger partial charge on any atom is 0.330 e. The van der Waals surface area contributed by atoms with Crippen molar-refractivity contribution < 1.29 is 23.9 Å². The van der Waals surface area contributed by atoms with Crippen molar-refractivity contribution in [3.8, 4) is 0 Å². The lowest BCUT2D eigenvalue weighted by Crippen LogP contribution is -2.42. The zero-order valence-corrected chi connectivity index (χ0v) is 9.82. The highest BCUT2D eigenvalue weighted by atomic mass is 32.1. The number of carbonyl (C=O) groups is 3. The van der Waals surface area contributed by atoms with E-state index in [0.29, 0.717) is 0 Å². The molecule has 0 spiro atoms. The maximum atomic E-state index is 11.2. The number of methoxy groups -OCH3 is 2. The van der Waals surface area contributed by atoms with Gasteiger partial charge in [0, 0.05) is 17.9 Å². The van der Waals surface area contributed by atoms with Crippen molar-refractivity contribution in [3.05, 3.63) is 12.2 Å². The molecule has 6 nitrogen and oxygen atoms in total. The minimum atomic E-state index is -0.844. The van der Waals surface area contributed by atoms with Crippen molar-refractivity contribution in [3.63, 3.8) is 0 Å². The van der Waals surface area contributed by atoms with Gasteiger partial charge in [-0.25, -0.2) is 9.59 Å². The Morgan fingerprint density at radius 2 is 1.88 bits per heavy atom. The number of carbonyl (C=O) groups excluding carboxylic acids is 3. The van der Waals surface area contributed by atoms with Gasteiger partial charge in [-0.3, -0.25) is 4.79 Å². The predicted molar refractivity (Wildman–Crippen MR) is 59.0 cm³/mol. The molecule has 0 heterocycles. The van der Waals surface area contributed by atoms with Gasteiger partial charge < -0.3 is 14.8 Å². The van der Waals surface area contributed by atoms with Crippen LogP contribution < -0.4 is 5.32 Å². The van der Waals surface area contributed by atoms with Crippen molar-refractivity contribution in [1.82, 2.24) is 5.32 Å². The summed E-state index contributed by atoms with van der Waals surface area (Å²) in [5.74, 6) is -1.76. The molecule has 0 radical (unpaired) electrons. The van der Waals surface area contributed by atoms with Gasteiger partial charge in [-0.1, -0.05) is 0 Å². The Morgan fingerprint density at radius 1 is 1.25 bits per heavy atom. The van der Waals surface area contributed by atoms with E-state index >= 15 is 0 Å². The molecular formula is C9H13NO5S. The van der Waals surface area contributed by atoms with E-state index in [1.54, 1.807) is 0 Å². The van der Waals surface area contributed by atoms with Crippen molar-refractivity contribution in [2.24, 2.45) is 0 Å². The molecular weight excluding hydrogens is 234 g/mol. The second-order valence-electron chi connectivity index (χ2n) is 2.62.